The van der Waals surface area contributed by atoms with E-state index >= 15 is 0 Å². The van der Waals surface area contributed by atoms with Gasteiger partial charge in [0.05, 0.1) is 0 Å². The summed E-state index contributed by atoms with van der Waals surface area (Å²) in [4.78, 5) is 14.3. The van der Waals surface area contributed by atoms with E-state index in [0.717, 1.165) is 29.9 Å². The van der Waals surface area contributed by atoms with Crippen LogP contribution in [0, 0.1) is 0 Å². The Morgan fingerprint density at radius 2 is 1.95 bits per heavy atom. The molecule has 0 saturated carbocycles. The quantitative estimate of drug-likeness (QED) is 0.904. The molecule has 4 heteroatoms. The van der Waals surface area contributed by atoms with Gasteiger partial charge in [-0.2, -0.15) is 0 Å². The van der Waals surface area contributed by atoms with Crippen LogP contribution in [-0.2, 0) is 7.05 Å². The average Bonchev–Trinajstić information content (AvgIpc) is 3.05. The van der Waals surface area contributed by atoms with Gasteiger partial charge in [-0.25, -0.2) is 0 Å². The molecule has 1 saturated heterocycles. The van der Waals surface area contributed by atoms with Gasteiger partial charge in [-0.1, -0.05) is 30.3 Å². The molecule has 1 fully saturated rings. The van der Waals surface area contributed by atoms with E-state index in [1.807, 2.05) is 46.8 Å². The summed E-state index contributed by atoms with van der Waals surface area (Å²) in [7, 11) is 1.94. The number of rotatable bonds is 2. The molecule has 0 unspecified atom stereocenters. The van der Waals surface area contributed by atoms with Crippen molar-refractivity contribution in [2.45, 2.75) is 12.5 Å². The van der Waals surface area contributed by atoms with Gasteiger partial charge in [0.1, 0.15) is 5.69 Å². The smallest absolute Gasteiger partial charge is 0.270 e. The lowest BCUT2D eigenvalue weighted by Crippen LogP contribution is -2.32. The van der Waals surface area contributed by atoms with Gasteiger partial charge in [0.15, 0.2) is 0 Å². The number of aromatic nitrogens is 1. The van der Waals surface area contributed by atoms with E-state index in [1.165, 1.54) is 0 Å². The molecule has 1 aliphatic rings. The summed E-state index contributed by atoms with van der Waals surface area (Å²) in [6, 6.07) is 14.1. The lowest BCUT2D eigenvalue weighted by atomic mass is 10.2. The first-order valence-electron chi connectivity index (χ1n) is 6.93. The summed E-state index contributed by atoms with van der Waals surface area (Å²) >= 11 is 0. The molecule has 1 amide bonds. The zero-order valence-electron chi connectivity index (χ0n) is 11.6. The number of benzene rings is 1. The van der Waals surface area contributed by atoms with Crippen molar-refractivity contribution in [3.05, 3.63) is 48.2 Å². The predicted octanol–water partition coefficient (Wildman–Crippen LogP) is 1.87. The molecular formula is C16H19N3O. The highest BCUT2D eigenvalue weighted by Gasteiger charge is 2.26. The van der Waals surface area contributed by atoms with Gasteiger partial charge in [-0.15, -0.1) is 0 Å². The number of nitrogens with two attached hydrogens (primary N) is 1. The van der Waals surface area contributed by atoms with Crippen molar-refractivity contribution in [1.82, 2.24) is 9.47 Å². The Kier molecular flexibility index (Phi) is 3.32. The Balaban J connectivity index is 1.89. The van der Waals surface area contributed by atoms with Crippen molar-refractivity contribution < 1.29 is 4.79 Å². The number of likely N-dealkylation sites (tertiary alicyclic amines) is 1. The topological polar surface area (TPSA) is 51.3 Å². The van der Waals surface area contributed by atoms with Crippen molar-refractivity contribution >= 4 is 5.91 Å². The van der Waals surface area contributed by atoms with Crippen LogP contribution in [0.1, 0.15) is 16.9 Å². The molecule has 2 aromatic rings. The Bertz CT molecular complexity index is 618. The van der Waals surface area contributed by atoms with E-state index in [2.05, 4.69) is 12.1 Å². The fourth-order valence-corrected chi connectivity index (χ4v) is 2.76. The zero-order valence-corrected chi connectivity index (χ0v) is 11.6. The van der Waals surface area contributed by atoms with E-state index in [9.17, 15) is 4.79 Å². The van der Waals surface area contributed by atoms with Crippen LogP contribution in [0.3, 0.4) is 0 Å². The van der Waals surface area contributed by atoms with E-state index < -0.39 is 0 Å². The molecule has 2 heterocycles. The fraction of sp³-hybridized carbons (Fsp3) is 0.312. The summed E-state index contributed by atoms with van der Waals surface area (Å²) in [6.45, 7) is 1.41. The highest BCUT2D eigenvalue weighted by Crippen LogP contribution is 2.22. The molecular weight excluding hydrogens is 250 g/mol. The van der Waals surface area contributed by atoms with Crippen LogP contribution in [0.5, 0.6) is 0 Å². The number of hydrogen-bond donors (Lipinski definition) is 1. The monoisotopic (exact) mass is 269 g/mol. The third-order valence-electron chi connectivity index (χ3n) is 3.92. The molecule has 20 heavy (non-hydrogen) atoms. The van der Waals surface area contributed by atoms with Crippen molar-refractivity contribution in [3.63, 3.8) is 0 Å². The van der Waals surface area contributed by atoms with E-state index in [0.29, 0.717) is 6.54 Å². The second-order valence-corrected chi connectivity index (χ2v) is 5.33. The zero-order chi connectivity index (χ0) is 14.1. The first-order chi connectivity index (χ1) is 9.66. The van der Waals surface area contributed by atoms with Crippen LogP contribution in [0.25, 0.3) is 11.3 Å². The summed E-state index contributed by atoms with van der Waals surface area (Å²) < 4.78 is 1.96. The van der Waals surface area contributed by atoms with Gasteiger partial charge in [0.2, 0.25) is 0 Å². The molecule has 0 spiro atoms. The molecule has 104 valence electrons. The molecule has 0 aliphatic carbocycles. The van der Waals surface area contributed by atoms with E-state index in [-0.39, 0.29) is 11.9 Å². The molecule has 3 rings (SSSR count). The Labute approximate surface area is 118 Å². The Hall–Kier alpha value is -2.07. The number of nitrogens with zero attached hydrogens (tertiary/aromatic N) is 2. The first kappa shape index (κ1) is 12.9. The minimum Gasteiger partial charge on any atom is -0.340 e. The van der Waals surface area contributed by atoms with Crippen molar-refractivity contribution in [3.8, 4) is 11.3 Å². The standard InChI is InChI=1S/C16H19N3O/c1-18-14(12-5-3-2-4-6-12)7-8-15(18)16(20)19-10-9-13(17)11-19/h2-8,13H,9-11,17H2,1H3/t13-/m0/s1. The number of amides is 1. The first-order valence-corrected chi connectivity index (χ1v) is 6.93. The number of carbonyl (C=O) groups excluding carboxylic acids is 1. The maximum Gasteiger partial charge on any atom is 0.270 e. The lowest BCUT2D eigenvalue weighted by Gasteiger charge is -2.16. The van der Waals surface area contributed by atoms with Crippen molar-refractivity contribution in [2.75, 3.05) is 13.1 Å². The third kappa shape index (κ3) is 2.23. The van der Waals surface area contributed by atoms with Gasteiger partial charge in [-0.05, 0) is 24.1 Å². The fourth-order valence-electron chi connectivity index (χ4n) is 2.76. The maximum absolute atomic E-state index is 12.5. The van der Waals surface area contributed by atoms with Crippen molar-refractivity contribution in [1.29, 1.82) is 0 Å². The number of hydrogen-bond acceptors (Lipinski definition) is 2. The van der Waals surface area contributed by atoms with Crippen LogP contribution in [-0.4, -0.2) is 34.5 Å². The van der Waals surface area contributed by atoms with Gasteiger partial charge < -0.3 is 15.2 Å². The van der Waals surface area contributed by atoms with Crippen LogP contribution < -0.4 is 5.73 Å². The highest BCUT2D eigenvalue weighted by molar-refractivity contribution is 5.94. The van der Waals surface area contributed by atoms with Crippen LogP contribution >= 0.6 is 0 Å². The van der Waals surface area contributed by atoms with Crippen molar-refractivity contribution in [2.24, 2.45) is 12.8 Å². The second kappa shape index (κ2) is 5.13. The SMILES string of the molecule is Cn1c(C(=O)N2CC[C@H](N)C2)ccc1-c1ccccc1. The van der Waals surface area contributed by atoms with E-state index in [4.69, 9.17) is 5.73 Å². The van der Waals surface area contributed by atoms with Crippen LogP contribution in [0.15, 0.2) is 42.5 Å². The summed E-state index contributed by atoms with van der Waals surface area (Å²) in [5.41, 5.74) is 8.77. The van der Waals surface area contributed by atoms with Crippen LogP contribution in [0.2, 0.25) is 0 Å². The minimum absolute atomic E-state index is 0.0719. The molecule has 0 bridgehead atoms. The largest absolute Gasteiger partial charge is 0.340 e. The molecule has 1 aliphatic heterocycles. The maximum atomic E-state index is 12.5. The van der Waals surface area contributed by atoms with Gasteiger partial charge in [-0.3, -0.25) is 4.79 Å². The third-order valence-corrected chi connectivity index (χ3v) is 3.92. The van der Waals surface area contributed by atoms with E-state index in [1.54, 1.807) is 0 Å². The van der Waals surface area contributed by atoms with Gasteiger partial charge in [0.25, 0.3) is 5.91 Å². The summed E-state index contributed by atoms with van der Waals surface area (Å²) in [5, 5.41) is 0. The minimum atomic E-state index is 0.0719. The summed E-state index contributed by atoms with van der Waals surface area (Å²) in [5.74, 6) is 0.0719. The lowest BCUT2D eigenvalue weighted by molar-refractivity contribution is 0.0781. The molecule has 2 N–H and O–H groups in total. The van der Waals surface area contributed by atoms with Gasteiger partial charge >= 0.3 is 0 Å². The Morgan fingerprint density at radius 1 is 1.20 bits per heavy atom. The average molecular weight is 269 g/mol. The molecule has 0 radical (unpaired) electrons. The molecule has 4 nitrogen and oxygen atoms in total. The normalized spacial score (nSPS) is 18.5. The van der Waals surface area contributed by atoms with Crippen LogP contribution in [0.4, 0.5) is 0 Å². The number of carbonyl (C=O) groups is 1. The summed E-state index contributed by atoms with van der Waals surface area (Å²) in [6.07, 6.45) is 0.891. The van der Waals surface area contributed by atoms with Gasteiger partial charge in [0, 0.05) is 31.9 Å². The Morgan fingerprint density at radius 3 is 2.60 bits per heavy atom. The second-order valence-electron chi connectivity index (χ2n) is 5.33. The predicted molar refractivity (Wildman–Crippen MR) is 79.3 cm³/mol. The molecule has 1 atom stereocenters. The highest BCUT2D eigenvalue weighted by atomic mass is 16.2. The molecule has 1 aromatic heterocycles. The molecule has 1 aromatic carbocycles.